The average molecular weight is 271 g/mol. The van der Waals surface area contributed by atoms with Gasteiger partial charge < -0.3 is 20.3 Å². The molecule has 1 fully saturated rings. The van der Waals surface area contributed by atoms with Crippen molar-refractivity contribution < 1.29 is 4.74 Å². The predicted octanol–water partition coefficient (Wildman–Crippen LogP) is -0.566. The van der Waals surface area contributed by atoms with Crippen LogP contribution in [-0.2, 0) is 4.74 Å². The largest absolute Gasteiger partial charge is 0.383 e. The number of nitrogens with one attached hydrogen (secondary N) is 2. The number of methoxy groups -OCH3 is 1. The first-order chi connectivity index (χ1) is 9.17. The number of hydrogen-bond acceptors (Lipinski definition) is 4. The maximum atomic E-state index is 5.04. The smallest absolute Gasteiger partial charge is 0.191 e. The summed E-state index contributed by atoms with van der Waals surface area (Å²) >= 11 is 0. The van der Waals surface area contributed by atoms with Crippen LogP contribution in [0.25, 0.3) is 0 Å². The van der Waals surface area contributed by atoms with Crippen LogP contribution in [0.1, 0.15) is 6.92 Å². The van der Waals surface area contributed by atoms with E-state index in [1.54, 1.807) is 7.11 Å². The van der Waals surface area contributed by atoms with Crippen molar-refractivity contribution in [1.82, 2.24) is 20.4 Å². The Labute approximate surface area is 117 Å². The van der Waals surface area contributed by atoms with Crippen molar-refractivity contribution in [1.29, 1.82) is 0 Å². The van der Waals surface area contributed by atoms with E-state index in [9.17, 15) is 0 Å². The van der Waals surface area contributed by atoms with Crippen LogP contribution in [0.4, 0.5) is 0 Å². The van der Waals surface area contributed by atoms with E-state index in [1.807, 2.05) is 0 Å². The molecule has 2 N–H and O–H groups in total. The topological polar surface area (TPSA) is 52.1 Å². The van der Waals surface area contributed by atoms with Gasteiger partial charge in [0.1, 0.15) is 0 Å². The highest BCUT2D eigenvalue weighted by atomic mass is 16.5. The molecule has 6 heteroatoms. The number of likely N-dealkylation sites (N-methyl/N-ethyl adjacent to an activating group) is 2. The summed E-state index contributed by atoms with van der Waals surface area (Å²) in [6, 6.07) is 0.497. The molecule has 112 valence electrons. The van der Waals surface area contributed by atoms with E-state index in [1.165, 1.54) is 0 Å². The molecular formula is C13H29N5O. The molecule has 0 saturated carbocycles. The Balaban J connectivity index is 2.43. The van der Waals surface area contributed by atoms with E-state index >= 15 is 0 Å². The van der Waals surface area contributed by atoms with Crippen LogP contribution in [0.15, 0.2) is 4.99 Å². The van der Waals surface area contributed by atoms with E-state index in [2.05, 4.69) is 46.4 Å². The number of nitrogens with zero attached hydrogens (tertiary/aromatic N) is 3. The quantitative estimate of drug-likeness (QED) is 0.385. The van der Waals surface area contributed by atoms with Gasteiger partial charge >= 0.3 is 0 Å². The monoisotopic (exact) mass is 271 g/mol. The third-order valence-corrected chi connectivity index (χ3v) is 3.38. The molecule has 19 heavy (non-hydrogen) atoms. The Morgan fingerprint density at radius 1 is 1.32 bits per heavy atom. The normalized spacial score (nSPS) is 22.5. The minimum Gasteiger partial charge on any atom is -0.383 e. The highest BCUT2D eigenvalue weighted by Crippen LogP contribution is 2.05. The molecule has 1 heterocycles. The Morgan fingerprint density at radius 3 is 2.79 bits per heavy atom. The van der Waals surface area contributed by atoms with Crippen molar-refractivity contribution in [2.45, 2.75) is 13.0 Å². The number of guanidine groups is 1. The fraction of sp³-hybridized carbons (Fsp3) is 0.923. The number of ether oxygens (including phenoxy) is 1. The van der Waals surface area contributed by atoms with Gasteiger partial charge in [-0.3, -0.25) is 9.89 Å². The summed E-state index contributed by atoms with van der Waals surface area (Å²) < 4.78 is 5.04. The highest BCUT2D eigenvalue weighted by Gasteiger charge is 2.21. The zero-order valence-electron chi connectivity index (χ0n) is 12.8. The Bertz CT molecular complexity index is 272. The van der Waals surface area contributed by atoms with Crippen LogP contribution in [0.3, 0.4) is 0 Å². The van der Waals surface area contributed by atoms with Gasteiger partial charge in [-0.15, -0.1) is 0 Å². The van der Waals surface area contributed by atoms with Crippen LogP contribution in [0.5, 0.6) is 0 Å². The third kappa shape index (κ3) is 6.22. The molecule has 1 aliphatic heterocycles. The van der Waals surface area contributed by atoms with Gasteiger partial charge in [0.05, 0.1) is 13.2 Å². The van der Waals surface area contributed by atoms with Crippen LogP contribution >= 0.6 is 0 Å². The molecule has 0 spiro atoms. The molecule has 1 atom stereocenters. The Kier molecular flexibility index (Phi) is 7.78. The highest BCUT2D eigenvalue weighted by molar-refractivity contribution is 5.79. The van der Waals surface area contributed by atoms with Crippen molar-refractivity contribution in [3.63, 3.8) is 0 Å². The minimum atomic E-state index is 0.497. The van der Waals surface area contributed by atoms with Crippen molar-refractivity contribution in [3.8, 4) is 0 Å². The maximum Gasteiger partial charge on any atom is 0.191 e. The van der Waals surface area contributed by atoms with E-state index in [0.29, 0.717) is 12.6 Å². The Morgan fingerprint density at radius 2 is 2.11 bits per heavy atom. The molecule has 0 aromatic rings. The molecule has 0 amide bonds. The molecular weight excluding hydrogens is 242 g/mol. The van der Waals surface area contributed by atoms with Crippen LogP contribution in [0, 0.1) is 0 Å². The third-order valence-electron chi connectivity index (χ3n) is 3.38. The summed E-state index contributed by atoms with van der Waals surface area (Å²) in [6.45, 7) is 8.58. The number of piperazine rings is 1. The summed E-state index contributed by atoms with van der Waals surface area (Å²) in [5.74, 6) is 0.876. The van der Waals surface area contributed by atoms with Crippen molar-refractivity contribution in [2.24, 2.45) is 4.99 Å². The van der Waals surface area contributed by atoms with Crippen LogP contribution < -0.4 is 10.6 Å². The summed E-state index contributed by atoms with van der Waals surface area (Å²) in [5.41, 5.74) is 0. The summed E-state index contributed by atoms with van der Waals surface area (Å²) in [4.78, 5) is 9.42. The molecule has 0 radical (unpaired) electrons. The molecule has 1 unspecified atom stereocenters. The Hall–Kier alpha value is -0.850. The average Bonchev–Trinajstić information content (AvgIpc) is 2.40. The van der Waals surface area contributed by atoms with Gasteiger partial charge in [-0.05, 0) is 21.0 Å². The van der Waals surface area contributed by atoms with Gasteiger partial charge in [0.2, 0.25) is 0 Å². The van der Waals surface area contributed by atoms with E-state index in [4.69, 9.17) is 4.74 Å². The van der Waals surface area contributed by atoms with Crippen molar-refractivity contribution >= 4 is 5.96 Å². The van der Waals surface area contributed by atoms with E-state index in [-0.39, 0.29) is 0 Å². The molecule has 1 saturated heterocycles. The van der Waals surface area contributed by atoms with E-state index < -0.39 is 0 Å². The van der Waals surface area contributed by atoms with Gasteiger partial charge in [0.25, 0.3) is 0 Å². The van der Waals surface area contributed by atoms with Crippen LogP contribution in [0.2, 0.25) is 0 Å². The SMILES string of the molecule is CCNC(=NCC1CN(C)CCN1C)NCCOC. The standard InChI is InChI=1S/C13H29N5O/c1-5-14-13(15-6-9-19-4)16-10-12-11-17(2)7-8-18(12)3/h12H,5-11H2,1-4H3,(H2,14,15,16). The molecule has 6 nitrogen and oxygen atoms in total. The van der Waals surface area contributed by atoms with Crippen molar-refractivity contribution in [3.05, 3.63) is 0 Å². The molecule has 0 bridgehead atoms. The fourth-order valence-electron chi connectivity index (χ4n) is 2.11. The lowest BCUT2D eigenvalue weighted by molar-refractivity contribution is 0.119. The van der Waals surface area contributed by atoms with Gasteiger partial charge in [0.15, 0.2) is 5.96 Å². The molecule has 0 aromatic heterocycles. The summed E-state index contributed by atoms with van der Waals surface area (Å²) in [6.07, 6.45) is 0. The molecule has 1 rings (SSSR count). The second-order valence-corrected chi connectivity index (χ2v) is 5.04. The van der Waals surface area contributed by atoms with Crippen molar-refractivity contribution in [2.75, 3.05) is 67.1 Å². The summed E-state index contributed by atoms with van der Waals surface area (Å²) in [7, 11) is 6.06. The van der Waals surface area contributed by atoms with Gasteiger partial charge in [-0.25, -0.2) is 0 Å². The maximum absolute atomic E-state index is 5.04. The molecule has 0 aromatic carbocycles. The second-order valence-electron chi connectivity index (χ2n) is 5.04. The number of hydrogen-bond donors (Lipinski definition) is 2. The van der Waals surface area contributed by atoms with Gasteiger partial charge in [0, 0.05) is 45.9 Å². The zero-order valence-corrected chi connectivity index (χ0v) is 12.8. The van der Waals surface area contributed by atoms with Gasteiger partial charge in [-0.1, -0.05) is 0 Å². The van der Waals surface area contributed by atoms with E-state index in [0.717, 1.165) is 45.2 Å². The first-order valence-corrected chi connectivity index (χ1v) is 7.07. The van der Waals surface area contributed by atoms with Gasteiger partial charge in [-0.2, -0.15) is 0 Å². The molecule has 0 aliphatic carbocycles. The lowest BCUT2D eigenvalue weighted by Crippen LogP contribution is -2.51. The second kappa shape index (κ2) is 9.12. The number of aliphatic imine (C=N–C) groups is 1. The fourth-order valence-corrected chi connectivity index (χ4v) is 2.11. The lowest BCUT2D eigenvalue weighted by atomic mass is 10.2. The van der Waals surface area contributed by atoms with Crippen LogP contribution in [-0.4, -0.2) is 88.9 Å². The predicted molar refractivity (Wildman–Crippen MR) is 79.8 cm³/mol. The molecule has 1 aliphatic rings. The minimum absolute atomic E-state index is 0.497. The number of rotatable bonds is 6. The summed E-state index contributed by atoms with van der Waals surface area (Å²) in [5, 5.41) is 6.53. The first-order valence-electron chi connectivity index (χ1n) is 7.07. The first kappa shape index (κ1) is 16.2. The zero-order chi connectivity index (χ0) is 14.1. The lowest BCUT2D eigenvalue weighted by Gasteiger charge is -2.36.